The molecule has 234 valence electrons. The van der Waals surface area contributed by atoms with Crippen LogP contribution < -0.4 is 15.0 Å². The van der Waals surface area contributed by atoms with Gasteiger partial charge in [0.05, 0.1) is 23.3 Å². The Hall–Kier alpha value is -3.41. The van der Waals surface area contributed by atoms with E-state index in [1.165, 1.54) is 25.3 Å². The first-order valence-electron chi connectivity index (χ1n) is 15.0. The predicted molar refractivity (Wildman–Crippen MR) is 169 cm³/mol. The summed E-state index contributed by atoms with van der Waals surface area (Å²) in [6.07, 6.45) is 7.19. The smallest absolute Gasteiger partial charge is 0.410 e. The lowest BCUT2D eigenvalue weighted by atomic mass is 9.86. The van der Waals surface area contributed by atoms with Crippen LogP contribution in [0, 0.1) is 22.0 Å². The number of nitro groups is 1. The average Bonchev–Trinajstić information content (AvgIpc) is 2.97. The number of piperidine rings is 2. The highest BCUT2D eigenvalue weighted by Gasteiger charge is 2.28. The Morgan fingerprint density at radius 3 is 2.23 bits per heavy atom. The maximum absolute atomic E-state index is 13.3. The van der Waals surface area contributed by atoms with Crippen molar-refractivity contribution in [3.05, 3.63) is 50.6 Å². The number of nitro benzene ring substituents is 1. The highest BCUT2D eigenvalue weighted by Crippen LogP contribution is 2.33. The molecule has 0 radical (unpaired) electrons. The van der Waals surface area contributed by atoms with E-state index in [2.05, 4.69) is 31.1 Å². The van der Waals surface area contributed by atoms with E-state index in [0.717, 1.165) is 71.1 Å². The summed E-state index contributed by atoms with van der Waals surface area (Å²) in [6, 6.07) is 7.71. The van der Waals surface area contributed by atoms with E-state index in [1.54, 1.807) is 12.1 Å². The maximum atomic E-state index is 13.3. The van der Waals surface area contributed by atoms with Crippen LogP contribution in [0.25, 0.3) is 0 Å². The van der Waals surface area contributed by atoms with Crippen LogP contribution in [0.5, 0.6) is 5.75 Å². The van der Waals surface area contributed by atoms with Gasteiger partial charge < -0.3 is 24.6 Å². The van der Waals surface area contributed by atoms with E-state index in [9.17, 15) is 19.7 Å². The zero-order valence-corrected chi connectivity index (χ0v) is 27.0. The van der Waals surface area contributed by atoms with Crippen molar-refractivity contribution in [3.63, 3.8) is 0 Å². The van der Waals surface area contributed by atoms with Gasteiger partial charge >= 0.3 is 6.09 Å². The zero-order valence-electron chi connectivity index (χ0n) is 25.4. The Morgan fingerprint density at radius 2 is 1.67 bits per heavy atom. The molecule has 2 aliphatic rings. The Balaban J connectivity index is 1.29. The molecule has 0 unspecified atom stereocenters. The summed E-state index contributed by atoms with van der Waals surface area (Å²) in [7, 11) is 1.53. The number of halogens is 1. The van der Waals surface area contributed by atoms with Crippen LogP contribution in [0.3, 0.4) is 0 Å². The fraction of sp³-hybridized carbons (Fsp3) is 0.581. The highest BCUT2D eigenvalue weighted by atomic mass is 79.9. The summed E-state index contributed by atoms with van der Waals surface area (Å²) in [5.74, 6) is 1.71. The van der Waals surface area contributed by atoms with Gasteiger partial charge in [0, 0.05) is 38.3 Å². The number of ether oxygens (including phenoxy) is 2. The number of likely N-dealkylation sites (tertiary alicyclic amines) is 1. The first-order valence-corrected chi connectivity index (χ1v) is 15.8. The van der Waals surface area contributed by atoms with Crippen LogP contribution in [-0.4, -0.2) is 65.7 Å². The molecule has 0 spiro atoms. The number of non-ortho nitro benzene ring substituents is 1. The first-order chi connectivity index (χ1) is 20.4. The van der Waals surface area contributed by atoms with Crippen molar-refractivity contribution in [3.8, 4) is 5.75 Å². The van der Waals surface area contributed by atoms with Crippen LogP contribution in [0.2, 0.25) is 0 Å². The number of carbonyl (C=O) groups is 2. The van der Waals surface area contributed by atoms with Gasteiger partial charge in [-0.25, -0.2) is 9.78 Å². The number of rotatable bonds is 9. The lowest BCUT2D eigenvalue weighted by molar-refractivity contribution is -0.384. The van der Waals surface area contributed by atoms with E-state index in [4.69, 9.17) is 9.47 Å². The second kappa shape index (κ2) is 14.4. The number of hydrogen-bond donors (Lipinski definition) is 1. The van der Waals surface area contributed by atoms with Gasteiger partial charge in [0.2, 0.25) is 0 Å². The number of nitrogens with one attached hydrogen (secondary N) is 1. The Morgan fingerprint density at radius 1 is 1.05 bits per heavy atom. The normalized spacial score (nSPS) is 16.6. The molecule has 1 N–H and O–H groups in total. The molecule has 11 nitrogen and oxygen atoms in total. The van der Waals surface area contributed by atoms with Crippen molar-refractivity contribution < 1.29 is 24.0 Å². The molecule has 2 aromatic rings. The fourth-order valence-corrected chi connectivity index (χ4v) is 6.29. The molecule has 0 saturated carbocycles. The number of aromatic nitrogens is 1. The summed E-state index contributed by atoms with van der Waals surface area (Å²) in [5.41, 5.74) is 0.417. The number of pyridine rings is 1. The van der Waals surface area contributed by atoms with Crippen LogP contribution in [0.4, 0.5) is 22.0 Å². The molecule has 12 heteroatoms. The first kappa shape index (κ1) is 32.5. The molecule has 2 saturated heterocycles. The van der Waals surface area contributed by atoms with Crippen molar-refractivity contribution in [2.45, 2.75) is 71.3 Å². The van der Waals surface area contributed by atoms with E-state index in [0.29, 0.717) is 39.3 Å². The Bertz CT molecular complexity index is 1300. The number of nitrogens with zero attached hydrogens (tertiary/aromatic N) is 4. The summed E-state index contributed by atoms with van der Waals surface area (Å²) in [4.78, 5) is 44.9. The quantitative estimate of drug-likeness (QED) is 0.172. The molecular formula is C31H42BrN5O6. The van der Waals surface area contributed by atoms with Gasteiger partial charge in [-0.1, -0.05) is 19.3 Å². The van der Waals surface area contributed by atoms with Gasteiger partial charge in [-0.2, -0.15) is 0 Å². The Labute approximate surface area is 261 Å². The minimum absolute atomic E-state index is 0.0447. The lowest BCUT2D eigenvalue weighted by Gasteiger charge is -2.35. The maximum Gasteiger partial charge on any atom is 0.410 e. The Kier molecular flexibility index (Phi) is 10.9. The number of amides is 2. The van der Waals surface area contributed by atoms with Crippen molar-refractivity contribution >= 4 is 45.1 Å². The fourth-order valence-electron chi connectivity index (χ4n) is 5.80. The van der Waals surface area contributed by atoms with Gasteiger partial charge in [0.25, 0.3) is 11.6 Å². The number of anilines is 2. The summed E-state index contributed by atoms with van der Waals surface area (Å²) < 4.78 is 11.2. The van der Waals surface area contributed by atoms with Gasteiger partial charge in [-0.15, -0.1) is 0 Å². The standard InChI is InChI=1S/C31H42BrN5O6/c1-31(2,3)43-30(39)36-18-14-22(15-19-36)7-5-6-21-12-16-35(17-13-21)25-20-23(37(40)41)8-9-24(25)29(38)34-27-11-10-26(42-4)28(32)33-27/h8-11,20-22H,5-7,12-19H2,1-4H3,(H,33,34,38). The average molecular weight is 661 g/mol. The SMILES string of the molecule is COc1ccc(NC(=O)c2ccc([N+](=O)[O-])cc2N2CCC(CCCC3CCN(C(=O)OC(C)(C)C)CC3)CC2)nc1Br. The van der Waals surface area contributed by atoms with Crippen molar-refractivity contribution in [1.82, 2.24) is 9.88 Å². The molecule has 3 heterocycles. The van der Waals surface area contributed by atoms with Crippen LogP contribution in [-0.2, 0) is 4.74 Å². The van der Waals surface area contributed by atoms with E-state index in [1.807, 2.05) is 25.7 Å². The van der Waals surface area contributed by atoms with Gasteiger partial charge in [-0.3, -0.25) is 14.9 Å². The molecule has 0 bridgehead atoms. The third kappa shape index (κ3) is 9.04. The summed E-state index contributed by atoms with van der Waals surface area (Å²) in [5, 5.41) is 14.4. The molecule has 2 fully saturated rings. The van der Waals surface area contributed by atoms with E-state index < -0.39 is 10.5 Å². The van der Waals surface area contributed by atoms with Crippen molar-refractivity contribution in [2.75, 3.05) is 43.5 Å². The number of hydrogen-bond acceptors (Lipinski definition) is 8. The van der Waals surface area contributed by atoms with E-state index in [-0.39, 0.29) is 17.7 Å². The summed E-state index contributed by atoms with van der Waals surface area (Å²) >= 11 is 3.33. The third-order valence-corrected chi connectivity index (χ3v) is 8.73. The molecule has 0 aliphatic carbocycles. The van der Waals surface area contributed by atoms with Crippen molar-refractivity contribution in [2.24, 2.45) is 11.8 Å². The summed E-state index contributed by atoms with van der Waals surface area (Å²) in [6.45, 7) is 8.64. The molecule has 4 rings (SSSR count). The zero-order chi connectivity index (χ0) is 31.1. The predicted octanol–water partition coefficient (Wildman–Crippen LogP) is 7.05. The molecule has 43 heavy (non-hydrogen) atoms. The molecule has 0 atom stereocenters. The molecule has 2 amide bonds. The lowest BCUT2D eigenvalue weighted by Crippen LogP contribution is -2.41. The van der Waals surface area contributed by atoms with Crippen molar-refractivity contribution in [1.29, 1.82) is 0 Å². The molecular weight excluding hydrogens is 618 g/mol. The molecule has 2 aliphatic heterocycles. The van der Waals surface area contributed by atoms with Crippen LogP contribution in [0.15, 0.2) is 34.9 Å². The minimum Gasteiger partial charge on any atom is -0.494 e. The number of carbonyl (C=O) groups excluding carboxylic acids is 2. The van der Waals surface area contributed by atoms with Gasteiger partial charge in [-0.05, 0) is 92.4 Å². The second-order valence-electron chi connectivity index (χ2n) is 12.4. The third-order valence-electron chi connectivity index (χ3n) is 8.16. The molecule has 1 aromatic heterocycles. The largest absolute Gasteiger partial charge is 0.494 e. The highest BCUT2D eigenvalue weighted by molar-refractivity contribution is 9.10. The monoisotopic (exact) mass is 659 g/mol. The van der Waals surface area contributed by atoms with E-state index >= 15 is 0 Å². The van der Waals surface area contributed by atoms with Crippen LogP contribution >= 0.6 is 15.9 Å². The minimum atomic E-state index is -0.473. The molecule has 1 aromatic carbocycles. The van der Waals surface area contributed by atoms with Crippen LogP contribution in [0.1, 0.15) is 76.1 Å². The number of methoxy groups -OCH3 is 1. The number of benzene rings is 1. The van der Waals surface area contributed by atoms with Gasteiger partial charge in [0.1, 0.15) is 16.0 Å². The van der Waals surface area contributed by atoms with Gasteiger partial charge in [0.15, 0.2) is 5.75 Å². The second-order valence-corrected chi connectivity index (χ2v) is 13.1. The topological polar surface area (TPSA) is 127 Å².